The molecule has 0 aliphatic rings. The Hall–Kier alpha value is -3.23. The van der Waals surface area contributed by atoms with Crippen molar-refractivity contribution < 1.29 is 9.18 Å². The van der Waals surface area contributed by atoms with E-state index in [0.29, 0.717) is 30.9 Å². The Bertz CT molecular complexity index is 942. The summed E-state index contributed by atoms with van der Waals surface area (Å²) in [5.41, 5.74) is 1.36. The van der Waals surface area contributed by atoms with Gasteiger partial charge in [0.25, 0.3) is 5.91 Å². The van der Waals surface area contributed by atoms with E-state index in [1.807, 2.05) is 0 Å². The van der Waals surface area contributed by atoms with E-state index >= 15 is 0 Å². The first-order valence-electron chi connectivity index (χ1n) is 7.77. The number of carbonyl (C=O) groups is 1. The topological polar surface area (TPSA) is 108 Å². The molecule has 130 valence electrons. The van der Waals surface area contributed by atoms with Gasteiger partial charge in [-0.3, -0.25) is 9.78 Å². The summed E-state index contributed by atoms with van der Waals surface area (Å²) < 4.78 is 14.7. The molecule has 2 heterocycles. The number of aromatic amines is 2. The van der Waals surface area contributed by atoms with Crippen LogP contribution in [0.1, 0.15) is 28.3 Å². The van der Waals surface area contributed by atoms with Gasteiger partial charge in [0, 0.05) is 19.2 Å². The van der Waals surface area contributed by atoms with Crippen LogP contribution in [-0.2, 0) is 6.42 Å². The van der Waals surface area contributed by atoms with Crippen molar-refractivity contribution >= 4 is 5.91 Å². The number of aromatic nitrogens is 5. The molecule has 3 N–H and O–H groups in total. The van der Waals surface area contributed by atoms with Crippen molar-refractivity contribution in [3.05, 3.63) is 63.8 Å². The highest BCUT2D eigenvalue weighted by molar-refractivity contribution is 5.92. The van der Waals surface area contributed by atoms with Crippen molar-refractivity contribution in [3.63, 3.8) is 0 Å². The molecule has 2 aromatic heterocycles. The molecule has 0 aliphatic carbocycles. The van der Waals surface area contributed by atoms with E-state index in [1.165, 1.54) is 16.8 Å². The van der Waals surface area contributed by atoms with Crippen molar-refractivity contribution in [1.82, 2.24) is 30.3 Å². The minimum atomic E-state index is -0.347. The maximum atomic E-state index is 13.2. The Morgan fingerprint density at radius 1 is 1.36 bits per heavy atom. The summed E-state index contributed by atoms with van der Waals surface area (Å²) in [4.78, 5) is 25.6. The number of hydrogen-bond acceptors (Lipinski definition) is 4. The zero-order valence-corrected chi connectivity index (χ0v) is 13.5. The number of carbonyl (C=O) groups excluding carboxylic acids is 1. The largest absolute Gasteiger partial charge is 0.351 e. The Morgan fingerprint density at radius 2 is 2.20 bits per heavy atom. The van der Waals surface area contributed by atoms with E-state index in [4.69, 9.17) is 0 Å². The standard InChI is InChI=1S/C16H17FN6O2/c1-10-9-11(17)4-5-13(10)23-8-6-12(22-23)15(24)18-7-2-3-14-19-16(25)21-20-14/h4-6,8-9H,2-3,7H2,1H3,(H,18,24)(H2,19,20,21,25). The molecule has 25 heavy (non-hydrogen) atoms. The third-order valence-corrected chi connectivity index (χ3v) is 3.65. The van der Waals surface area contributed by atoms with Crippen LogP contribution >= 0.6 is 0 Å². The summed E-state index contributed by atoms with van der Waals surface area (Å²) in [7, 11) is 0. The number of nitrogens with one attached hydrogen (secondary N) is 3. The summed E-state index contributed by atoms with van der Waals surface area (Å²) in [6.07, 6.45) is 2.83. The van der Waals surface area contributed by atoms with Crippen LogP contribution in [0.5, 0.6) is 0 Å². The third kappa shape index (κ3) is 4.00. The highest BCUT2D eigenvalue weighted by atomic mass is 19.1. The van der Waals surface area contributed by atoms with Gasteiger partial charge in [0.15, 0.2) is 5.69 Å². The quantitative estimate of drug-likeness (QED) is 0.582. The number of aryl methyl sites for hydroxylation is 2. The van der Waals surface area contributed by atoms with Crippen molar-refractivity contribution in [3.8, 4) is 5.69 Å². The number of amides is 1. The number of nitrogens with zero attached hydrogens (tertiary/aromatic N) is 3. The maximum absolute atomic E-state index is 13.2. The lowest BCUT2D eigenvalue weighted by Gasteiger charge is -2.05. The van der Waals surface area contributed by atoms with Crippen LogP contribution < -0.4 is 11.0 Å². The molecule has 3 aromatic rings. The molecular weight excluding hydrogens is 327 g/mol. The van der Waals surface area contributed by atoms with Crippen LogP contribution in [0.2, 0.25) is 0 Å². The van der Waals surface area contributed by atoms with Crippen molar-refractivity contribution in [2.24, 2.45) is 0 Å². The van der Waals surface area contributed by atoms with Gasteiger partial charge in [-0.05, 0) is 43.2 Å². The molecule has 0 saturated carbocycles. The average molecular weight is 344 g/mol. The Morgan fingerprint density at radius 3 is 2.92 bits per heavy atom. The molecular formula is C16H17FN6O2. The monoisotopic (exact) mass is 344 g/mol. The molecule has 1 amide bonds. The van der Waals surface area contributed by atoms with E-state index in [1.54, 1.807) is 25.3 Å². The molecule has 0 unspecified atom stereocenters. The predicted molar refractivity (Wildman–Crippen MR) is 88.1 cm³/mol. The highest BCUT2D eigenvalue weighted by Crippen LogP contribution is 2.14. The minimum absolute atomic E-state index is 0.275. The Labute approximate surface area is 142 Å². The zero-order chi connectivity index (χ0) is 17.8. The lowest BCUT2D eigenvalue weighted by Crippen LogP contribution is -2.25. The summed E-state index contributed by atoms with van der Waals surface area (Å²) in [5.74, 6) is -0.0611. The summed E-state index contributed by atoms with van der Waals surface area (Å²) in [5, 5.41) is 13.1. The number of rotatable bonds is 6. The molecule has 8 nitrogen and oxygen atoms in total. The van der Waals surface area contributed by atoms with Crippen LogP contribution in [0.15, 0.2) is 35.3 Å². The zero-order valence-electron chi connectivity index (χ0n) is 13.5. The fourth-order valence-corrected chi connectivity index (χ4v) is 2.43. The minimum Gasteiger partial charge on any atom is -0.351 e. The van der Waals surface area contributed by atoms with E-state index < -0.39 is 0 Å². The number of halogens is 1. The smallest absolute Gasteiger partial charge is 0.340 e. The molecule has 0 fully saturated rings. The second-order valence-electron chi connectivity index (χ2n) is 5.56. The second kappa shape index (κ2) is 7.12. The third-order valence-electron chi connectivity index (χ3n) is 3.65. The number of H-pyrrole nitrogens is 2. The molecule has 0 radical (unpaired) electrons. The van der Waals surface area contributed by atoms with Gasteiger partial charge in [0.1, 0.15) is 11.6 Å². The molecule has 1 aromatic carbocycles. The number of hydrogen-bond donors (Lipinski definition) is 3. The van der Waals surface area contributed by atoms with Gasteiger partial charge in [-0.15, -0.1) is 0 Å². The van der Waals surface area contributed by atoms with Gasteiger partial charge in [-0.2, -0.15) is 10.2 Å². The highest BCUT2D eigenvalue weighted by Gasteiger charge is 2.11. The van der Waals surface area contributed by atoms with Crippen LogP contribution in [0, 0.1) is 12.7 Å². The Balaban J connectivity index is 1.56. The van der Waals surface area contributed by atoms with E-state index in [-0.39, 0.29) is 23.1 Å². The summed E-state index contributed by atoms with van der Waals surface area (Å²) in [6, 6.07) is 5.98. The first kappa shape index (κ1) is 16.6. The van der Waals surface area contributed by atoms with Crippen LogP contribution in [0.4, 0.5) is 4.39 Å². The van der Waals surface area contributed by atoms with E-state index in [2.05, 4.69) is 25.6 Å². The molecule has 0 saturated heterocycles. The second-order valence-corrected chi connectivity index (χ2v) is 5.56. The van der Waals surface area contributed by atoms with Gasteiger partial charge >= 0.3 is 5.69 Å². The van der Waals surface area contributed by atoms with Gasteiger partial charge in [-0.25, -0.2) is 19.0 Å². The molecule has 0 spiro atoms. The molecule has 0 bridgehead atoms. The molecule has 0 aliphatic heterocycles. The average Bonchev–Trinajstić information content (AvgIpc) is 3.21. The maximum Gasteiger partial charge on any atom is 0.340 e. The van der Waals surface area contributed by atoms with Crippen LogP contribution in [0.25, 0.3) is 5.69 Å². The van der Waals surface area contributed by atoms with Crippen molar-refractivity contribution in [2.45, 2.75) is 19.8 Å². The first-order chi connectivity index (χ1) is 12.0. The SMILES string of the molecule is Cc1cc(F)ccc1-n1ccc(C(=O)NCCCc2n[nH]c(=O)[nH]2)n1. The van der Waals surface area contributed by atoms with Gasteiger partial charge < -0.3 is 5.32 Å². The summed E-state index contributed by atoms with van der Waals surface area (Å²) in [6.45, 7) is 2.20. The van der Waals surface area contributed by atoms with Crippen molar-refractivity contribution in [1.29, 1.82) is 0 Å². The van der Waals surface area contributed by atoms with Crippen molar-refractivity contribution in [2.75, 3.05) is 6.54 Å². The van der Waals surface area contributed by atoms with E-state index in [0.717, 1.165) is 5.56 Å². The lowest BCUT2D eigenvalue weighted by atomic mass is 10.2. The van der Waals surface area contributed by atoms with Gasteiger partial charge in [0.05, 0.1) is 5.69 Å². The normalized spacial score (nSPS) is 10.8. The molecule has 9 heteroatoms. The van der Waals surface area contributed by atoms with Crippen LogP contribution in [-0.4, -0.2) is 37.4 Å². The Kier molecular flexibility index (Phi) is 4.73. The lowest BCUT2D eigenvalue weighted by molar-refractivity contribution is 0.0947. The van der Waals surface area contributed by atoms with Gasteiger partial charge in [0.2, 0.25) is 0 Å². The predicted octanol–water partition coefficient (Wildman–Crippen LogP) is 1.09. The van der Waals surface area contributed by atoms with Crippen LogP contribution in [0.3, 0.4) is 0 Å². The first-order valence-corrected chi connectivity index (χ1v) is 7.77. The fraction of sp³-hybridized carbons (Fsp3) is 0.250. The number of benzene rings is 1. The molecule has 3 rings (SSSR count). The molecule has 0 atom stereocenters. The van der Waals surface area contributed by atoms with E-state index in [9.17, 15) is 14.0 Å². The van der Waals surface area contributed by atoms with Gasteiger partial charge in [-0.1, -0.05) is 0 Å². The summed E-state index contributed by atoms with van der Waals surface area (Å²) >= 11 is 0. The fourth-order valence-electron chi connectivity index (χ4n) is 2.43.